The maximum Gasteiger partial charge on any atom is 0.259 e. The van der Waals surface area contributed by atoms with Crippen molar-refractivity contribution >= 4 is 5.91 Å². The summed E-state index contributed by atoms with van der Waals surface area (Å²) in [5, 5.41) is 2.76. The molecule has 0 saturated heterocycles. The molecule has 1 N–H and O–H groups in total. The van der Waals surface area contributed by atoms with Crippen molar-refractivity contribution in [2.24, 2.45) is 0 Å². The maximum absolute atomic E-state index is 12.3. The van der Waals surface area contributed by atoms with Crippen LogP contribution in [0.15, 0.2) is 24.5 Å². The van der Waals surface area contributed by atoms with E-state index in [0.717, 1.165) is 19.4 Å². The lowest BCUT2D eigenvalue weighted by atomic mass is 10.1. The molecule has 0 aromatic carbocycles. The highest BCUT2D eigenvalue weighted by atomic mass is 16.7. The van der Waals surface area contributed by atoms with Gasteiger partial charge < -0.3 is 19.5 Å². The van der Waals surface area contributed by atoms with Gasteiger partial charge in [-0.15, -0.1) is 0 Å². The number of hydrogen-bond donors (Lipinski definition) is 1. The summed E-state index contributed by atoms with van der Waals surface area (Å²) in [7, 11) is 0. The summed E-state index contributed by atoms with van der Waals surface area (Å²) in [6.07, 6.45) is 18.6. The molecule has 0 atom stereocenters. The van der Waals surface area contributed by atoms with E-state index in [9.17, 15) is 4.79 Å². The summed E-state index contributed by atoms with van der Waals surface area (Å²) in [6.45, 7) is 6.71. The van der Waals surface area contributed by atoms with Gasteiger partial charge in [0.25, 0.3) is 12.6 Å². The number of carbonyl (C=O) groups excluding carboxylic acids is 1. The van der Waals surface area contributed by atoms with Crippen LogP contribution in [0.4, 0.5) is 0 Å². The van der Waals surface area contributed by atoms with Crippen molar-refractivity contribution in [3.8, 4) is 0 Å². The zero-order valence-electron chi connectivity index (χ0n) is 19.9. The number of amides is 1. The van der Waals surface area contributed by atoms with Crippen LogP contribution in [0.3, 0.4) is 0 Å². The van der Waals surface area contributed by atoms with Crippen molar-refractivity contribution in [1.29, 1.82) is 0 Å². The highest BCUT2D eigenvalue weighted by molar-refractivity contribution is 5.93. The minimum atomic E-state index is -0.166. The summed E-state index contributed by atoms with van der Waals surface area (Å²) in [4.78, 5) is 12.3. The van der Waals surface area contributed by atoms with E-state index in [1.807, 2.05) is 16.8 Å². The number of nitrogens with one attached hydrogen (secondary N) is 1. The second-order valence-corrected chi connectivity index (χ2v) is 8.06. The summed E-state index contributed by atoms with van der Waals surface area (Å²) in [6, 6.07) is 3.64. The Bertz CT molecular complexity index is 554. The standard InChI is InChI=1S/C25H44N2O4/c1-3-5-7-9-11-13-18-29-22-27-17-15-16-24(20-27)25(28)26-21-31-23-30-19-14-12-10-8-6-4-2/h15-17,20H,3-14,18-19,21-23H2,1-2H3/p+1. The van der Waals surface area contributed by atoms with Crippen LogP contribution in [0.5, 0.6) is 0 Å². The Hall–Kier alpha value is -1.50. The Balaban J connectivity index is 2.06. The molecule has 1 rings (SSSR count). The predicted octanol–water partition coefficient (Wildman–Crippen LogP) is 5.35. The van der Waals surface area contributed by atoms with Crippen LogP contribution in [0.1, 0.15) is 101 Å². The Morgan fingerprint density at radius 2 is 1.45 bits per heavy atom. The average molecular weight is 438 g/mol. The van der Waals surface area contributed by atoms with Gasteiger partial charge in [0.05, 0.1) is 6.61 Å². The first-order valence-electron chi connectivity index (χ1n) is 12.3. The predicted molar refractivity (Wildman–Crippen MR) is 124 cm³/mol. The SMILES string of the molecule is CCCCCCCCOCOCNC(=O)c1ccc[n+](COCCCCCCCC)c1. The molecule has 1 heterocycles. The van der Waals surface area contributed by atoms with Gasteiger partial charge in [-0.25, -0.2) is 0 Å². The lowest BCUT2D eigenvalue weighted by Gasteiger charge is -2.07. The molecular weight excluding hydrogens is 392 g/mol. The first-order valence-corrected chi connectivity index (χ1v) is 12.3. The molecule has 1 aromatic rings. The molecule has 31 heavy (non-hydrogen) atoms. The van der Waals surface area contributed by atoms with E-state index in [0.29, 0.717) is 18.9 Å². The highest BCUT2D eigenvalue weighted by Gasteiger charge is 2.10. The smallest absolute Gasteiger partial charge is 0.259 e. The summed E-state index contributed by atoms with van der Waals surface area (Å²) in [5.41, 5.74) is 0.585. The van der Waals surface area contributed by atoms with Gasteiger partial charge in [0.15, 0.2) is 12.4 Å². The van der Waals surface area contributed by atoms with Crippen molar-refractivity contribution in [3.63, 3.8) is 0 Å². The lowest BCUT2D eigenvalue weighted by Crippen LogP contribution is -2.37. The first kappa shape index (κ1) is 27.5. The van der Waals surface area contributed by atoms with Crippen molar-refractivity contribution in [1.82, 2.24) is 5.32 Å². The molecule has 0 saturated carbocycles. The van der Waals surface area contributed by atoms with Crippen molar-refractivity contribution in [2.75, 3.05) is 26.7 Å². The molecule has 0 aliphatic carbocycles. The first-order chi connectivity index (χ1) is 15.3. The normalized spacial score (nSPS) is 11.0. The molecule has 178 valence electrons. The second kappa shape index (κ2) is 20.4. The van der Waals surface area contributed by atoms with Crippen LogP contribution < -0.4 is 9.88 Å². The highest BCUT2D eigenvalue weighted by Crippen LogP contribution is 2.05. The van der Waals surface area contributed by atoms with Crippen LogP contribution in [0.25, 0.3) is 0 Å². The molecule has 0 unspecified atom stereocenters. The number of nitrogens with zero attached hydrogens (tertiary/aromatic N) is 1. The van der Waals surface area contributed by atoms with Gasteiger partial charge in [0.1, 0.15) is 19.1 Å². The number of ether oxygens (including phenoxy) is 3. The van der Waals surface area contributed by atoms with E-state index in [4.69, 9.17) is 14.2 Å². The molecule has 0 fully saturated rings. The van der Waals surface area contributed by atoms with E-state index in [1.54, 1.807) is 12.3 Å². The molecule has 0 aliphatic heterocycles. The van der Waals surface area contributed by atoms with Crippen LogP contribution in [0, 0.1) is 0 Å². The van der Waals surface area contributed by atoms with Gasteiger partial charge in [-0.2, -0.15) is 4.57 Å². The third-order valence-corrected chi connectivity index (χ3v) is 5.15. The largest absolute Gasteiger partial charge is 0.355 e. The second-order valence-electron chi connectivity index (χ2n) is 8.06. The molecule has 1 aromatic heterocycles. The van der Waals surface area contributed by atoms with E-state index in [-0.39, 0.29) is 19.4 Å². The monoisotopic (exact) mass is 437 g/mol. The zero-order valence-corrected chi connectivity index (χ0v) is 19.9. The molecule has 6 nitrogen and oxygen atoms in total. The van der Waals surface area contributed by atoms with E-state index >= 15 is 0 Å². The number of aromatic nitrogens is 1. The fourth-order valence-electron chi connectivity index (χ4n) is 3.25. The van der Waals surface area contributed by atoms with Gasteiger partial charge in [-0.1, -0.05) is 78.1 Å². The lowest BCUT2D eigenvalue weighted by molar-refractivity contribution is -0.732. The van der Waals surface area contributed by atoms with Crippen molar-refractivity contribution in [3.05, 3.63) is 30.1 Å². The minimum absolute atomic E-state index is 0.138. The third kappa shape index (κ3) is 15.9. The van der Waals surface area contributed by atoms with E-state index in [1.165, 1.54) is 64.2 Å². The van der Waals surface area contributed by atoms with Gasteiger partial charge in [0, 0.05) is 12.7 Å². The van der Waals surface area contributed by atoms with E-state index in [2.05, 4.69) is 19.2 Å². The van der Waals surface area contributed by atoms with Crippen LogP contribution in [-0.2, 0) is 20.9 Å². The van der Waals surface area contributed by atoms with Crippen LogP contribution in [-0.4, -0.2) is 32.6 Å². The van der Waals surface area contributed by atoms with Gasteiger partial charge >= 0.3 is 0 Å². The fourth-order valence-corrected chi connectivity index (χ4v) is 3.25. The van der Waals surface area contributed by atoms with Crippen LogP contribution in [0.2, 0.25) is 0 Å². The number of rotatable bonds is 21. The van der Waals surface area contributed by atoms with Crippen molar-refractivity contribution < 1.29 is 23.6 Å². The Morgan fingerprint density at radius 1 is 0.839 bits per heavy atom. The quantitative estimate of drug-likeness (QED) is 0.160. The maximum atomic E-state index is 12.3. The molecule has 0 bridgehead atoms. The number of hydrogen-bond acceptors (Lipinski definition) is 4. The molecule has 0 spiro atoms. The average Bonchev–Trinajstić information content (AvgIpc) is 2.79. The van der Waals surface area contributed by atoms with Gasteiger partial charge in [0.2, 0.25) is 0 Å². The molecule has 0 aliphatic rings. The van der Waals surface area contributed by atoms with Gasteiger partial charge in [-0.05, 0) is 18.9 Å². The molecule has 0 radical (unpaired) electrons. The Labute approximate surface area is 189 Å². The Morgan fingerprint density at radius 3 is 2.13 bits per heavy atom. The zero-order chi connectivity index (χ0) is 22.4. The summed E-state index contributed by atoms with van der Waals surface area (Å²) < 4.78 is 18.4. The van der Waals surface area contributed by atoms with Crippen LogP contribution >= 0.6 is 0 Å². The number of unbranched alkanes of at least 4 members (excludes halogenated alkanes) is 10. The fraction of sp³-hybridized carbons (Fsp3) is 0.760. The molecule has 1 amide bonds. The summed E-state index contributed by atoms with van der Waals surface area (Å²) in [5.74, 6) is -0.166. The van der Waals surface area contributed by atoms with Gasteiger partial charge in [-0.3, -0.25) is 4.79 Å². The topological polar surface area (TPSA) is 60.7 Å². The molecular formula is C25H45N2O4+. The Kier molecular flexibility index (Phi) is 18.1. The molecule has 6 heteroatoms. The number of carbonyl (C=O) groups is 1. The third-order valence-electron chi connectivity index (χ3n) is 5.15. The summed E-state index contributed by atoms with van der Waals surface area (Å²) >= 11 is 0. The van der Waals surface area contributed by atoms with Crippen molar-refractivity contribution in [2.45, 2.75) is 97.6 Å². The van der Waals surface area contributed by atoms with E-state index < -0.39 is 0 Å². The minimum Gasteiger partial charge on any atom is -0.355 e. The number of pyridine rings is 1.